The molecule has 1 heterocycles. The minimum absolute atomic E-state index is 0.415. The van der Waals surface area contributed by atoms with E-state index in [1.165, 1.54) is 11.3 Å². The number of benzene rings is 1. The summed E-state index contributed by atoms with van der Waals surface area (Å²) in [6.45, 7) is 4.88. The lowest BCUT2D eigenvalue weighted by atomic mass is 9.90. The Morgan fingerprint density at radius 3 is 2.88 bits per heavy atom. The number of fused-ring (bicyclic) bond motifs is 1. The minimum atomic E-state index is -0.754. The molecule has 3 nitrogen and oxygen atoms in total. The van der Waals surface area contributed by atoms with E-state index in [-0.39, 0.29) is 0 Å². The summed E-state index contributed by atoms with van der Waals surface area (Å²) in [5.74, 6) is -0.767. The van der Waals surface area contributed by atoms with Gasteiger partial charge in [0.1, 0.15) is 0 Å². The number of aliphatic carboxylic acids is 1. The monoisotopic (exact) mass is 219 g/mol. The van der Waals surface area contributed by atoms with Gasteiger partial charge in [-0.3, -0.25) is 4.79 Å². The number of carbonyl (C=O) groups is 1. The van der Waals surface area contributed by atoms with Crippen LogP contribution in [0.5, 0.6) is 0 Å². The number of nitrogens with zero attached hydrogens (tertiary/aromatic N) is 1. The summed E-state index contributed by atoms with van der Waals surface area (Å²) in [6.07, 6.45) is 0. The van der Waals surface area contributed by atoms with E-state index in [1.807, 2.05) is 12.1 Å². The highest BCUT2D eigenvalue weighted by Crippen LogP contribution is 2.39. The number of anilines is 1. The minimum Gasteiger partial charge on any atom is -0.481 e. The molecule has 0 fully saturated rings. The van der Waals surface area contributed by atoms with Gasteiger partial charge in [-0.2, -0.15) is 0 Å². The maximum atomic E-state index is 11.1. The molecule has 86 valence electrons. The zero-order valence-electron chi connectivity index (χ0n) is 9.90. The molecule has 0 aromatic heterocycles. The maximum Gasteiger partial charge on any atom is 0.310 e. The van der Waals surface area contributed by atoms with Crippen LogP contribution in [0.4, 0.5) is 5.69 Å². The first-order valence-corrected chi connectivity index (χ1v) is 5.59. The third kappa shape index (κ3) is 1.56. The average molecular weight is 219 g/mol. The van der Waals surface area contributed by atoms with E-state index < -0.39 is 11.9 Å². The molecule has 0 radical (unpaired) electrons. The average Bonchev–Trinajstić information content (AvgIpc) is 2.54. The van der Waals surface area contributed by atoms with Crippen LogP contribution in [0.1, 0.15) is 36.8 Å². The van der Waals surface area contributed by atoms with Crippen molar-refractivity contribution in [3.8, 4) is 0 Å². The molecule has 0 saturated carbocycles. The van der Waals surface area contributed by atoms with Crippen molar-refractivity contribution >= 4 is 11.7 Å². The van der Waals surface area contributed by atoms with Gasteiger partial charge in [-0.05, 0) is 24.1 Å². The van der Waals surface area contributed by atoms with Crippen molar-refractivity contribution in [2.24, 2.45) is 0 Å². The van der Waals surface area contributed by atoms with Gasteiger partial charge in [0, 0.05) is 25.2 Å². The van der Waals surface area contributed by atoms with Crippen molar-refractivity contribution < 1.29 is 9.90 Å². The number of carboxylic acids is 1. The van der Waals surface area contributed by atoms with Crippen LogP contribution >= 0.6 is 0 Å². The van der Waals surface area contributed by atoms with Crippen LogP contribution in [0.15, 0.2) is 18.2 Å². The molecule has 3 heteroatoms. The van der Waals surface area contributed by atoms with Gasteiger partial charge in [0.2, 0.25) is 0 Å². The Balaban J connectivity index is 2.53. The van der Waals surface area contributed by atoms with Crippen molar-refractivity contribution in [2.75, 3.05) is 18.5 Å². The predicted octanol–water partition coefficient (Wildman–Crippen LogP) is 2.43. The first-order chi connectivity index (χ1) is 7.52. The molecule has 0 saturated heterocycles. The van der Waals surface area contributed by atoms with E-state index in [1.54, 1.807) is 6.92 Å². The Kier molecular flexibility index (Phi) is 2.62. The fraction of sp³-hybridized carbons (Fsp3) is 0.462. The molecule has 1 aromatic rings. The molecule has 0 amide bonds. The molecule has 1 N–H and O–H groups in total. The van der Waals surface area contributed by atoms with Crippen LogP contribution in [0.3, 0.4) is 0 Å². The summed E-state index contributed by atoms with van der Waals surface area (Å²) in [5, 5.41) is 9.11. The van der Waals surface area contributed by atoms with E-state index in [9.17, 15) is 4.79 Å². The molecule has 16 heavy (non-hydrogen) atoms. The second-order valence-corrected chi connectivity index (χ2v) is 4.62. The van der Waals surface area contributed by atoms with Gasteiger partial charge in [-0.1, -0.05) is 19.1 Å². The maximum absolute atomic E-state index is 11.1. The molecule has 2 rings (SSSR count). The fourth-order valence-corrected chi connectivity index (χ4v) is 2.55. The van der Waals surface area contributed by atoms with Gasteiger partial charge in [0.05, 0.1) is 5.92 Å². The zero-order valence-corrected chi connectivity index (χ0v) is 9.90. The lowest BCUT2D eigenvalue weighted by molar-refractivity contribution is -0.138. The van der Waals surface area contributed by atoms with Gasteiger partial charge in [-0.25, -0.2) is 0 Å². The van der Waals surface area contributed by atoms with Crippen molar-refractivity contribution in [2.45, 2.75) is 25.7 Å². The van der Waals surface area contributed by atoms with Crippen LogP contribution < -0.4 is 4.90 Å². The Morgan fingerprint density at radius 1 is 1.56 bits per heavy atom. The molecule has 0 aliphatic carbocycles. The molecule has 1 aromatic carbocycles. The van der Waals surface area contributed by atoms with Crippen LogP contribution in [0.2, 0.25) is 0 Å². The largest absolute Gasteiger partial charge is 0.481 e. The highest BCUT2D eigenvalue weighted by Gasteiger charge is 2.28. The fourth-order valence-electron chi connectivity index (χ4n) is 2.55. The Labute approximate surface area is 95.7 Å². The highest BCUT2D eigenvalue weighted by molar-refractivity contribution is 5.78. The topological polar surface area (TPSA) is 40.5 Å². The van der Waals surface area contributed by atoms with Crippen LogP contribution in [-0.2, 0) is 4.79 Å². The van der Waals surface area contributed by atoms with Crippen LogP contribution in [-0.4, -0.2) is 24.7 Å². The molecular formula is C13H17NO2. The van der Waals surface area contributed by atoms with Gasteiger partial charge < -0.3 is 10.0 Å². The van der Waals surface area contributed by atoms with Gasteiger partial charge in [0.25, 0.3) is 0 Å². The highest BCUT2D eigenvalue weighted by atomic mass is 16.4. The number of hydrogen-bond donors (Lipinski definition) is 1. The first-order valence-electron chi connectivity index (χ1n) is 5.59. The quantitative estimate of drug-likeness (QED) is 0.830. The van der Waals surface area contributed by atoms with Crippen molar-refractivity contribution in [1.82, 2.24) is 0 Å². The number of hydrogen-bond acceptors (Lipinski definition) is 2. The molecule has 2 unspecified atom stereocenters. The van der Waals surface area contributed by atoms with E-state index in [4.69, 9.17) is 5.11 Å². The summed E-state index contributed by atoms with van der Waals surface area (Å²) in [7, 11) is 2.05. The van der Waals surface area contributed by atoms with Gasteiger partial charge >= 0.3 is 5.97 Å². The molecule has 1 aliphatic rings. The summed E-state index contributed by atoms with van der Waals surface area (Å²) >= 11 is 0. The third-order valence-corrected chi connectivity index (χ3v) is 3.41. The second-order valence-electron chi connectivity index (χ2n) is 4.62. The van der Waals surface area contributed by atoms with E-state index in [0.717, 1.165) is 12.1 Å². The van der Waals surface area contributed by atoms with Gasteiger partial charge in [-0.15, -0.1) is 0 Å². The van der Waals surface area contributed by atoms with Gasteiger partial charge in [0.15, 0.2) is 0 Å². The summed E-state index contributed by atoms with van der Waals surface area (Å²) in [5.41, 5.74) is 3.35. The normalized spacial score (nSPS) is 20.7. The predicted molar refractivity (Wildman–Crippen MR) is 64.2 cm³/mol. The lowest BCUT2D eigenvalue weighted by Gasteiger charge is -2.15. The molecule has 0 bridgehead atoms. The smallest absolute Gasteiger partial charge is 0.310 e. The van der Waals surface area contributed by atoms with Crippen molar-refractivity contribution in [3.05, 3.63) is 29.3 Å². The first kappa shape index (κ1) is 11.0. The standard InChI is InChI=1S/C13H17NO2/c1-8-7-14(3)11-6-4-5-10(12(8)11)9(2)13(15)16/h4-6,8-9H,7H2,1-3H3,(H,15,16). The number of rotatable bonds is 2. The summed E-state index contributed by atoms with van der Waals surface area (Å²) in [6, 6.07) is 5.95. The van der Waals surface area contributed by atoms with Crippen LogP contribution in [0, 0.1) is 0 Å². The van der Waals surface area contributed by atoms with E-state index in [0.29, 0.717) is 5.92 Å². The van der Waals surface area contributed by atoms with Crippen LogP contribution in [0.25, 0.3) is 0 Å². The SMILES string of the molecule is CC1CN(C)c2cccc(C(C)C(=O)O)c21. The van der Waals surface area contributed by atoms with E-state index in [2.05, 4.69) is 24.9 Å². The lowest BCUT2D eigenvalue weighted by Crippen LogP contribution is -2.13. The summed E-state index contributed by atoms with van der Waals surface area (Å²) in [4.78, 5) is 13.3. The Morgan fingerprint density at radius 2 is 2.25 bits per heavy atom. The van der Waals surface area contributed by atoms with Crippen molar-refractivity contribution in [3.63, 3.8) is 0 Å². The third-order valence-electron chi connectivity index (χ3n) is 3.41. The zero-order chi connectivity index (χ0) is 11.9. The number of likely N-dealkylation sites (N-methyl/N-ethyl adjacent to an activating group) is 1. The Bertz CT molecular complexity index is 428. The molecule has 2 atom stereocenters. The number of carboxylic acid groups (broad SMARTS) is 1. The molecular weight excluding hydrogens is 202 g/mol. The molecule has 1 aliphatic heterocycles. The summed E-state index contributed by atoms with van der Waals surface area (Å²) < 4.78 is 0. The molecule has 0 spiro atoms. The Hall–Kier alpha value is -1.51. The van der Waals surface area contributed by atoms with E-state index >= 15 is 0 Å². The second kappa shape index (κ2) is 3.81. The van der Waals surface area contributed by atoms with Crippen molar-refractivity contribution in [1.29, 1.82) is 0 Å².